The van der Waals surface area contributed by atoms with E-state index in [-0.39, 0.29) is 11.7 Å². The van der Waals surface area contributed by atoms with Crippen molar-refractivity contribution in [3.05, 3.63) is 142 Å². The van der Waals surface area contributed by atoms with Crippen LogP contribution in [-0.2, 0) is 12.0 Å². The van der Waals surface area contributed by atoms with Crippen LogP contribution in [0.4, 0.5) is 0 Å². The number of fused-ring (bicyclic) bond motifs is 8. The summed E-state index contributed by atoms with van der Waals surface area (Å²) in [6.07, 6.45) is 7.88. The molecule has 0 amide bonds. The first-order valence-corrected chi connectivity index (χ1v) is 19.4. The van der Waals surface area contributed by atoms with Crippen molar-refractivity contribution in [3.8, 4) is 11.1 Å². The summed E-state index contributed by atoms with van der Waals surface area (Å²) >= 11 is 6.14. The number of rotatable bonds is 6. The number of halogens is 1. The topological polar surface area (TPSA) is 81.0 Å². The van der Waals surface area contributed by atoms with E-state index in [2.05, 4.69) is 37.0 Å². The highest BCUT2D eigenvalue weighted by Gasteiger charge is 2.57. The molecule has 0 aromatic heterocycles. The van der Waals surface area contributed by atoms with Gasteiger partial charge in [0.15, 0.2) is 5.78 Å². The minimum atomic E-state index is -0.997. The smallest absolute Gasteiger partial charge is 0.193 e. The van der Waals surface area contributed by atoms with Gasteiger partial charge in [-0.05, 0) is 117 Å². The van der Waals surface area contributed by atoms with Crippen LogP contribution in [0, 0.1) is 5.41 Å². The fraction of sp³-hybridized carbons (Fsp3) is 0.413. The van der Waals surface area contributed by atoms with Gasteiger partial charge in [0.1, 0.15) is 0 Å². The van der Waals surface area contributed by atoms with E-state index >= 15 is 0 Å². The highest BCUT2D eigenvalue weighted by atomic mass is 35.5. The Kier molecular flexibility index (Phi) is 10.6. The van der Waals surface area contributed by atoms with Crippen LogP contribution in [0.25, 0.3) is 11.1 Å². The third-order valence-electron chi connectivity index (χ3n) is 12.7. The first-order chi connectivity index (χ1) is 25.0. The highest BCUT2D eigenvalue weighted by Crippen LogP contribution is 2.59. The second-order valence-electron chi connectivity index (χ2n) is 16.0. The molecule has 3 aliphatic carbocycles. The molecule has 4 unspecified atom stereocenters. The van der Waals surface area contributed by atoms with Crippen LogP contribution in [-0.4, -0.2) is 57.3 Å². The fourth-order valence-electron chi connectivity index (χ4n) is 9.39. The van der Waals surface area contributed by atoms with Crippen LogP contribution < -0.4 is 0 Å². The summed E-state index contributed by atoms with van der Waals surface area (Å²) in [5.41, 5.74) is 4.87. The Balaban J connectivity index is 1.24. The zero-order valence-corrected chi connectivity index (χ0v) is 31.3. The van der Waals surface area contributed by atoms with E-state index in [0.29, 0.717) is 67.9 Å². The Bertz CT molecular complexity index is 1910. The number of likely N-dealkylation sites (tertiary alicyclic amines) is 1. The third kappa shape index (κ3) is 7.31. The standard InChI is InChI=1S/C46H52ClNO4/c1-32-9-8-23-44(2)42(22-24-46(44,52)31-48-27-25-45(51,26-28-48)35-16-18-36(47)19-17-35)39-21-15-33(29-37(49)20-14-32)30-41(39)43(50)40-13-7-6-12-38(40)34-10-4-3-5-11-34/h3-7,9-13,15-19,21,30,37,42,49,51-52H,8,14,20,22-29,31H2,1-2H3. The van der Waals surface area contributed by atoms with Gasteiger partial charge in [0.2, 0.25) is 0 Å². The Morgan fingerprint density at radius 1 is 0.846 bits per heavy atom. The summed E-state index contributed by atoms with van der Waals surface area (Å²) in [6, 6.07) is 31.6. The third-order valence-corrected chi connectivity index (χ3v) is 13.0. The van der Waals surface area contributed by atoms with Gasteiger partial charge < -0.3 is 20.2 Å². The largest absolute Gasteiger partial charge is 0.393 e. The van der Waals surface area contributed by atoms with Gasteiger partial charge in [-0.2, -0.15) is 0 Å². The van der Waals surface area contributed by atoms with E-state index in [4.69, 9.17) is 11.6 Å². The number of carbonyl (C=O) groups excluding carboxylic acids is 1. The second-order valence-corrected chi connectivity index (χ2v) is 16.4. The van der Waals surface area contributed by atoms with Crippen LogP contribution in [0.1, 0.15) is 104 Å². The van der Waals surface area contributed by atoms with Crippen molar-refractivity contribution in [1.82, 2.24) is 4.90 Å². The summed E-state index contributed by atoms with van der Waals surface area (Å²) < 4.78 is 0. The van der Waals surface area contributed by atoms with E-state index in [1.54, 1.807) is 0 Å². The van der Waals surface area contributed by atoms with Crippen LogP contribution in [0.5, 0.6) is 0 Å². The molecule has 4 aliphatic rings. The summed E-state index contributed by atoms with van der Waals surface area (Å²) in [6.45, 7) is 6.27. The average molecular weight is 718 g/mol. The zero-order valence-electron chi connectivity index (χ0n) is 30.5. The number of ketones is 1. The molecule has 6 heteroatoms. The van der Waals surface area contributed by atoms with Crippen LogP contribution in [0.2, 0.25) is 5.02 Å². The second kappa shape index (κ2) is 15.0. The quantitative estimate of drug-likeness (QED) is 0.137. The van der Waals surface area contributed by atoms with Crippen molar-refractivity contribution in [3.63, 3.8) is 0 Å². The van der Waals surface area contributed by atoms with E-state index in [1.165, 1.54) is 5.57 Å². The lowest BCUT2D eigenvalue weighted by molar-refractivity contribution is -0.101. The number of allylic oxidation sites excluding steroid dienone is 2. The number of piperidine rings is 1. The van der Waals surface area contributed by atoms with Crippen LogP contribution in [0.3, 0.4) is 0 Å². The predicted octanol–water partition coefficient (Wildman–Crippen LogP) is 9.26. The van der Waals surface area contributed by atoms with Crippen LogP contribution in [0.15, 0.2) is 109 Å². The van der Waals surface area contributed by atoms with E-state index < -0.39 is 22.7 Å². The van der Waals surface area contributed by atoms with Gasteiger partial charge in [-0.1, -0.05) is 109 Å². The SMILES string of the molecule is CC1=CCCC2(C)C(CCC2(O)CN2CCC(O)(c3ccc(Cl)cc3)CC2)c2ccc(cc2C(=O)c2ccccc2-c2ccccc2)CC(O)CC1. The van der Waals surface area contributed by atoms with E-state index in [0.717, 1.165) is 53.5 Å². The Labute approximate surface area is 314 Å². The molecule has 0 spiro atoms. The Morgan fingerprint density at radius 3 is 2.31 bits per heavy atom. The van der Waals surface area contributed by atoms with Gasteiger partial charge in [0.05, 0.1) is 17.3 Å². The van der Waals surface area contributed by atoms with Crippen molar-refractivity contribution < 1.29 is 20.1 Å². The van der Waals surface area contributed by atoms with Crippen LogP contribution >= 0.6 is 11.6 Å². The number of nitrogens with zero attached hydrogens (tertiary/aromatic N) is 1. The fourth-order valence-corrected chi connectivity index (χ4v) is 9.52. The van der Waals surface area contributed by atoms with Crippen molar-refractivity contribution in [1.29, 1.82) is 0 Å². The number of hydrogen-bond donors (Lipinski definition) is 3. The minimum Gasteiger partial charge on any atom is -0.393 e. The van der Waals surface area contributed by atoms with Crippen molar-refractivity contribution in [2.75, 3.05) is 19.6 Å². The Hall–Kier alpha value is -3.58. The molecular weight excluding hydrogens is 666 g/mol. The lowest BCUT2D eigenvalue weighted by atomic mass is 9.64. The van der Waals surface area contributed by atoms with E-state index in [1.807, 2.05) is 84.9 Å². The molecule has 2 bridgehead atoms. The molecular formula is C46H52ClNO4. The monoisotopic (exact) mass is 717 g/mol. The maximum absolute atomic E-state index is 14.9. The molecule has 5 nitrogen and oxygen atoms in total. The van der Waals surface area contributed by atoms with Gasteiger partial charge >= 0.3 is 0 Å². The lowest BCUT2D eigenvalue weighted by Crippen LogP contribution is -2.55. The molecule has 1 aliphatic heterocycles. The number of carbonyl (C=O) groups is 1. The number of hydrogen-bond acceptors (Lipinski definition) is 5. The lowest BCUT2D eigenvalue weighted by Gasteiger charge is -2.48. The molecule has 3 N–H and O–H groups in total. The van der Waals surface area contributed by atoms with Gasteiger partial charge in [-0.15, -0.1) is 0 Å². The summed E-state index contributed by atoms with van der Waals surface area (Å²) in [4.78, 5) is 17.2. The van der Waals surface area contributed by atoms with Gasteiger partial charge in [0.25, 0.3) is 0 Å². The number of aliphatic hydroxyl groups is 3. The Morgan fingerprint density at radius 2 is 1.56 bits per heavy atom. The molecule has 1 saturated heterocycles. The molecule has 2 fully saturated rings. The maximum Gasteiger partial charge on any atom is 0.193 e. The predicted molar refractivity (Wildman–Crippen MR) is 210 cm³/mol. The molecule has 1 saturated carbocycles. The molecule has 4 aromatic carbocycles. The van der Waals surface area contributed by atoms with Gasteiger partial charge in [-0.3, -0.25) is 4.79 Å². The number of benzene rings is 4. The molecule has 0 radical (unpaired) electrons. The summed E-state index contributed by atoms with van der Waals surface area (Å²) in [7, 11) is 0. The molecule has 1 heterocycles. The normalized spacial score (nSPS) is 26.7. The maximum atomic E-state index is 14.9. The zero-order chi connectivity index (χ0) is 36.5. The minimum absolute atomic E-state index is 0.0241. The van der Waals surface area contributed by atoms with Crippen molar-refractivity contribution in [2.45, 2.75) is 94.9 Å². The van der Waals surface area contributed by atoms with Gasteiger partial charge in [0, 0.05) is 41.2 Å². The van der Waals surface area contributed by atoms with Gasteiger partial charge in [-0.25, -0.2) is 0 Å². The first-order valence-electron chi connectivity index (χ1n) is 19.1. The number of β-amino-alcohol motifs (C(OH)–C–C–N with tert-alkyl or cyclic N) is 1. The molecule has 272 valence electrons. The summed E-state index contributed by atoms with van der Waals surface area (Å²) in [5.74, 6) is -0.0734. The average Bonchev–Trinajstić information content (AvgIpc) is 3.40. The van der Waals surface area contributed by atoms with E-state index in [9.17, 15) is 20.1 Å². The first kappa shape index (κ1) is 36.8. The highest BCUT2D eigenvalue weighted by molar-refractivity contribution is 6.30. The molecule has 4 aromatic rings. The molecule has 8 rings (SSSR count). The molecule has 4 atom stereocenters. The molecule has 52 heavy (non-hydrogen) atoms. The summed E-state index contributed by atoms with van der Waals surface area (Å²) in [5, 5.41) is 36.2. The number of aliphatic hydroxyl groups excluding tert-OH is 1. The van der Waals surface area contributed by atoms with Crippen molar-refractivity contribution in [2.24, 2.45) is 5.41 Å². The van der Waals surface area contributed by atoms with Crippen molar-refractivity contribution >= 4 is 17.4 Å².